The zero-order chi connectivity index (χ0) is 22.3. The van der Waals surface area contributed by atoms with Crippen LogP contribution in [0, 0.1) is 0 Å². The van der Waals surface area contributed by atoms with Crippen molar-refractivity contribution in [2.45, 2.75) is 38.1 Å². The van der Waals surface area contributed by atoms with Gasteiger partial charge in [-0.05, 0) is 23.6 Å². The molecule has 3 heterocycles. The van der Waals surface area contributed by atoms with E-state index in [1.165, 1.54) is 15.9 Å². The highest BCUT2D eigenvalue weighted by Crippen LogP contribution is 2.38. The lowest BCUT2D eigenvalue weighted by Gasteiger charge is -2.34. The molecular formula is C19H20F2N4O6. The van der Waals surface area contributed by atoms with E-state index in [9.17, 15) is 33.1 Å². The Kier molecular flexibility index (Phi) is 5.48. The van der Waals surface area contributed by atoms with Crippen LogP contribution in [0.15, 0.2) is 12.1 Å². The molecule has 0 aliphatic carbocycles. The summed E-state index contributed by atoms with van der Waals surface area (Å²) in [5.74, 6) is -2.07. The predicted octanol–water partition coefficient (Wildman–Crippen LogP) is 0.673. The number of halogens is 2. The van der Waals surface area contributed by atoms with Crippen molar-refractivity contribution in [1.29, 1.82) is 0 Å². The van der Waals surface area contributed by atoms with Gasteiger partial charge in [0.05, 0.1) is 11.6 Å². The number of carbonyl (C=O) groups is 4. The van der Waals surface area contributed by atoms with Gasteiger partial charge in [-0.3, -0.25) is 24.6 Å². The number of carbonyl (C=O) groups excluding carboxylic acids is 3. The van der Waals surface area contributed by atoms with Crippen molar-refractivity contribution in [1.82, 2.24) is 20.4 Å². The van der Waals surface area contributed by atoms with Gasteiger partial charge in [-0.15, -0.1) is 0 Å². The molecule has 12 heteroatoms. The van der Waals surface area contributed by atoms with Gasteiger partial charge in [-0.25, -0.2) is 4.79 Å². The molecule has 3 aliphatic rings. The lowest BCUT2D eigenvalue weighted by molar-refractivity contribution is -0.136. The number of carboxylic acid groups (broad SMARTS) is 1. The van der Waals surface area contributed by atoms with Crippen LogP contribution in [0.4, 0.5) is 13.6 Å². The number of imide groups is 1. The highest BCUT2D eigenvalue weighted by Gasteiger charge is 2.42. The first-order valence-corrected chi connectivity index (χ1v) is 9.73. The molecule has 3 aliphatic heterocycles. The second kappa shape index (κ2) is 8.10. The van der Waals surface area contributed by atoms with E-state index in [-0.39, 0.29) is 43.8 Å². The van der Waals surface area contributed by atoms with Crippen LogP contribution in [0.3, 0.4) is 0 Å². The molecule has 3 N–H and O–H groups in total. The van der Waals surface area contributed by atoms with Crippen LogP contribution in [0.2, 0.25) is 0 Å². The van der Waals surface area contributed by atoms with E-state index in [4.69, 9.17) is 0 Å². The van der Waals surface area contributed by atoms with Gasteiger partial charge in [-0.2, -0.15) is 8.78 Å². The highest BCUT2D eigenvalue weighted by atomic mass is 19.3. The third-order valence-corrected chi connectivity index (χ3v) is 5.70. The fraction of sp³-hybridized carbons (Fsp3) is 0.474. The standard InChI is InChI=1S/C19H20F2N4O6/c20-18(21)31-13-6-9(12-7-22-3-4-24(12)19(29)30)5-10-8-25(17(28)15(10)13)11-1-2-14(26)23-16(11)27/h5-6,11-12,18,22H,1-4,7-8H2,(H,29,30)(H,23,26,27). The monoisotopic (exact) mass is 438 g/mol. The second-order valence-electron chi connectivity index (χ2n) is 7.53. The van der Waals surface area contributed by atoms with Crippen LogP contribution in [0.1, 0.15) is 40.4 Å². The summed E-state index contributed by atoms with van der Waals surface area (Å²) in [5.41, 5.74) is 0.681. The van der Waals surface area contributed by atoms with Gasteiger partial charge < -0.3 is 20.1 Å². The molecular weight excluding hydrogens is 418 g/mol. The number of hydrogen-bond acceptors (Lipinski definition) is 6. The summed E-state index contributed by atoms with van der Waals surface area (Å²) in [6.07, 6.45) is -0.963. The number of piperazine rings is 1. The summed E-state index contributed by atoms with van der Waals surface area (Å²) in [7, 11) is 0. The third kappa shape index (κ3) is 3.90. The van der Waals surface area contributed by atoms with Crippen molar-refractivity contribution in [3.05, 3.63) is 28.8 Å². The number of rotatable bonds is 4. The van der Waals surface area contributed by atoms with Gasteiger partial charge in [-0.1, -0.05) is 6.07 Å². The lowest BCUT2D eigenvalue weighted by Crippen LogP contribution is -2.52. The molecule has 2 fully saturated rings. The Morgan fingerprint density at radius 3 is 2.68 bits per heavy atom. The molecule has 1 aromatic rings. The number of nitrogens with zero attached hydrogens (tertiary/aromatic N) is 2. The van der Waals surface area contributed by atoms with E-state index < -0.39 is 42.5 Å². The largest absolute Gasteiger partial charge is 0.465 e. The summed E-state index contributed by atoms with van der Waals surface area (Å²) in [5, 5.41) is 14.7. The maximum Gasteiger partial charge on any atom is 0.407 e. The fourth-order valence-electron chi connectivity index (χ4n) is 4.31. The molecule has 0 bridgehead atoms. The second-order valence-corrected chi connectivity index (χ2v) is 7.53. The minimum Gasteiger partial charge on any atom is -0.465 e. The van der Waals surface area contributed by atoms with Crippen molar-refractivity contribution in [2.24, 2.45) is 0 Å². The van der Waals surface area contributed by atoms with Crippen LogP contribution in [-0.2, 0) is 16.1 Å². The number of hydrogen-bond donors (Lipinski definition) is 3. The first kappa shape index (κ1) is 21.0. The zero-order valence-corrected chi connectivity index (χ0v) is 16.3. The van der Waals surface area contributed by atoms with Crippen LogP contribution >= 0.6 is 0 Å². The van der Waals surface area contributed by atoms with Crippen molar-refractivity contribution < 1.29 is 37.8 Å². The normalized spacial score (nSPS) is 23.8. The summed E-state index contributed by atoms with van der Waals surface area (Å²) >= 11 is 0. The highest BCUT2D eigenvalue weighted by molar-refractivity contribution is 6.06. The molecule has 0 saturated carbocycles. The molecule has 2 saturated heterocycles. The molecule has 31 heavy (non-hydrogen) atoms. The molecule has 0 radical (unpaired) electrons. The summed E-state index contributed by atoms with van der Waals surface area (Å²) < 4.78 is 30.8. The fourth-order valence-corrected chi connectivity index (χ4v) is 4.31. The number of alkyl halides is 2. The Bertz CT molecular complexity index is 956. The molecule has 0 spiro atoms. The first-order valence-electron chi connectivity index (χ1n) is 9.73. The Balaban J connectivity index is 1.71. The SMILES string of the molecule is O=C1CCC(N2Cc3cc(C4CNCCN4C(=O)O)cc(OC(F)F)c3C2=O)C(=O)N1. The third-order valence-electron chi connectivity index (χ3n) is 5.70. The Morgan fingerprint density at radius 2 is 2.00 bits per heavy atom. The van der Waals surface area contributed by atoms with Crippen LogP contribution in [0.5, 0.6) is 5.75 Å². The van der Waals surface area contributed by atoms with Gasteiger partial charge in [0.2, 0.25) is 11.8 Å². The van der Waals surface area contributed by atoms with Crippen molar-refractivity contribution >= 4 is 23.8 Å². The maximum absolute atomic E-state index is 13.1. The summed E-state index contributed by atoms with van der Waals surface area (Å²) in [6.45, 7) is -2.30. The van der Waals surface area contributed by atoms with Gasteiger partial charge in [0.25, 0.3) is 5.91 Å². The van der Waals surface area contributed by atoms with Gasteiger partial charge in [0.1, 0.15) is 11.8 Å². The quantitative estimate of drug-likeness (QED) is 0.590. The molecule has 4 rings (SSSR count). The van der Waals surface area contributed by atoms with Gasteiger partial charge >= 0.3 is 12.7 Å². The average Bonchev–Trinajstić information content (AvgIpc) is 3.04. The number of benzene rings is 1. The topological polar surface area (TPSA) is 128 Å². The zero-order valence-electron chi connectivity index (χ0n) is 16.3. The van der Waals surface area contributed by atoms with E-state index in [1.54, 1.807) is 6.07 Å². The van der Waals surface area contributed by atoms with Crippen molar-refractivity contribution in [3.63, 3.8) is 0 Å². The van der Waals surface area contributed by atoms with Crippen LogP contribution < -0.4 is 15.4 Å². The van der Waals surface area contributed by atoms with Crippen molar-refractivity contribution in [2.75, 3.05) is 19.6 Å². The molecule has 4 amide bonds. The minimum absolute atomic E-state index is 0.0406. The molecule has 166 valence electrons. The average molecular weight is 438 g/mol. The maximum atomic E-state index is 13.1. The molecule has 0 aromatic heterocycles. The number of fused-ring (bicyclic) bond motifs is 1. The van der Waals surface area contributed by atoms with Gasteiger partial charge in [0.15, 0.2) is 0 Å². The Morgan fingerprint density at radius 1 is 1.23 bits per heavy atom. The van der Waals surface area contributed by atoms with Crippen LogP contribution in [0.25, 0.3) is 0 Å². The van der Waals surface area contributed by atoms with E-state index in [0.717, 1.165) is 0 Å². The van der Waals surface area contributed by atoms with E-state index in [0.29, 0.717) is 17.7 Å². The minimum atomic E-state index is -3.20. The Labute approximate surface area is 175 Å². The first-order chi connectivity index (χ1) is 14.8. The summed E-state index contributed by atoms with van der Waals surface area (Å²) in [6, 6.07) is 1.28. The summed E-state index contributed by atoms with van der Waals surface area (Å²) in [4.78, 5) is 50.7. The van der Waals surface area contributed by atoms with Gasteiger partial charge in [0, 0.05) is 32.6 Å². The number of amides is 4. The smallest absolute Gasteiger partial charge is 0.407 e. The van der Waals surface area contributed by atoms with Crippen LogP contribution in [-0.4, -0.2) is 71.0 Å². The molecule has 10 nitrogen and oxygen atoms in total. The molecule has 2 unspecified atom stereocenters. The predicted molar refractivity (Wildman–Crippen MR) is 99.5 cm³/mol. The number of ether oxygens (including phenoxy) is 1. The van der Waals surface area contributed by atoms with E-state index >= 15 is 0 Å². The van der Waals surface area contributed by atoms with E-state index in [2.05, 4.69) is 15.4 Å². The molecule has 1 aromatic carbocycles. The number of nitrogens with one attached hydrogen (secondary N) is 2. The van der Waals surface area contributed by atoms with Crippen molar-refractivity contribution in [3.8, 4) is 5.75 Å². The lowest BCUT2D eigenvalue weighted by atomic mass is 9.98. The Hall–Kier alpha value is -3.28. The van der Waals surface area contributed by atoms with E-state index in [1.807, 2.05) is 0 Å². The number of piperidine rings is 1. The molecule has 2 atom stereocenters.